The van der Waals surface area contributed by atoms with Crippen LogP contribution in [-0.2, 0) is 10.0 Å². The topological polar surface area (TPSA) is 57.6 Å². The molecule has 5 heteroatoms. The number of aryl methyl sites for hydroxylation is 1. The van der Waals surface area contributed by atoms with Gasteiger partial charge in [-0.25, -0.2) is 8.42 Å². The summed E-state index contributed by atoms with van der Waals surface area (Å²) in [5.74, 6) is 5.32. The Morgan fingerprint density at radius 3 is 2.48 bits per heavy atom. The summed E-state index contributed by atoms with van der Waals surface area (Å²) in [6, 6.07) is 5.16. The number of rotatable bonds is 2. The first-order chi connectivity index (χ1) is 10.1. The minimum atomic E-state index is -3.46. The van der Waals surface area contributed by atoms with Crippen molar-refractivity contribution in [3.05, 3.63) is 29.3 Å². The highest BCUT2D eigenvalue weighted by atomic mass is 32.2. The molecular weight excluding hydrogens is 286 g/mol. The van der Waals surface area contributed by atoms with Gasteiger partial charge in [0.2, 0.25) is 10.0 Å². The minimum absolute atomic E-state index is 0.234. The van der Waals surface area contributed by atoms with Crippen LogP contribution in [0.2, 0.25) is 0 Å². The van der Waals surface area contributed by atoms with E-state index in [1.54, 1.807) is 29.4 Å². The van der Waals surface area contributed by atoms with E-state index in [0.717, 1.165) is 31.2 Å². The van der Waals surface area contributed by atoms with Gasteiger partial charge in [0.25, 0.3) is 0 Å². The second-order valence-electron chi connectivity index (χ2n) is 5.26. The molecule has 4 nitrogen and oxygen atoms in total. The third-order valence-electron chi connectivity index (χ3n) is 3.68. The third-order valence-corrected chi connectivity index (χ3v) is 5.72. The summed E-state index contributed by atoms with van der Waals surface area (Å²) >= 11 is 0. The predicted octanol–water partition coefficient (Wildman–Crippen LogP) is 1.90. The van der Waals surface area contributed by atoms with Crippen LogP contribution in [0.15, 0.2) is 23.1 Å². The fourth-order valence-corrected chi connectivity index (χ4v) is 4.29. The van der Waals surface area contributed by atoms with Crippen LogP contribution in [0, 0.1) is 18.8 Å². The Labute approximate surface area is 126 Å². The largest absolute Gasteiger partial charge is 0.384 e. The van der Waals surface area contributed by atoms with Gasteiger partial charge in [-0.2, -0.15) is 4.31 Å². The van der Waals surface area contributed by atoms with Gasteiger partial charge in [-0.1, -0.05) is 30.7 Å². The Bertz CT molecular complexity index is 648. The molecule has 0 atom stereocenters. The fraction of sp³-hybridized carbons (Fsp3) is 0.500. The fourth-order valence-electron chi connectivity index (χ4n) is 2.52. The highest BCUT2D eigenvalue weighted by molar-refractivity contribution is 7.89. The van der Waals surface area contributed by atoms with E-state index in [1.165, 1.54) is 0 Å². The summed E-state index contributed by atoms with van der Waals surface area (Å²) in [6.45, 7) is 2.75. The lowest BCUT2D eigenvalue weighted by atomic mass is 10.1. The molecule has 1 heterocycles. The number of nitrogens with zero attached hydrogens (tertiary/aromatic N) is 1. The zero-order valence-corrected chi connectivity index (χ0v) is 13.1. The molecule has 114 valence electrons. The minimum Gasteiger partial charge on any atom is -0.384 e. The molecule has 0 aromatic heterocycles. The van der Waals surface area contributed by atoms with E-state index in [4.69, 9.17) is 5.11 Å². The van der Waals surface area contributed by atoms with Gasteiger partial charge < -0.3 is 5.11 Å². The maximum atomic E-state index is 12.8. The number of hydrogen-bond acceptors (Lipinski definition) is 3. The number of aliphatic hydroxyl groups excluding tert-OH is 1. The van der Waals surface area contributed by atoms with Crippen LogP contribution in [0.25, 0.3) is 0 Å². The van der Waals surface area contributed by atoms with E-state index in [-0.39, 0.29) is 6.61 Å². The highest BCUT2D eigenvalue weighted by Crippen LogP contribution is 2.23. The molecule has 1 aromatic rings. The molecule has 0 radical (unpaired) electrons. The SMILES string of the molecule is Cc1ccc(C#CCO)cc1S(=O)(=O)N1CCCCCC1. The van der Waals surface area contributed by atoms with Gasteiger partial charge in [-0.15, -0.1) is 0 Å². The lowest BCUT2D eigenvalue weighted by Crippen LogP contribution is -2.32. The number of benzene rings is 1. The second kappa shape index (κ2) is 7.08. The van der Waals surface area contributed by atoms with Crippen LogP contribution >= 0.6 is 0 Å². The van der Waals surface area contributed by atoms with Crippen LogP contribution in [0.1, 0.15) is 36.8 Å². The van der Waals surface area contributed by atoms with Crippen molar-refractivity contribution in [2.24, 2.45) is 0 Å². The molecule has 0 bridgehead atoms. The molecule has 1 aromatic carbocycles. The van der Waals surface area contributed by atoms with E-state index >= 15 is 0 Å². The zero-order chi connectivity index (χ0) is 15.3. The zero-order valence-electron chi connectivity index (χ0n) is 12.3. The van der Waals surface area contributed by atoms with Gasteiger partial charge in [0.15, 0.2) is 0 Å². The molecule has 1 saturated heterocycles. The lowest BCUT2D eigenvalue weighted by molar-refractivity contribution is 0.350. The molecule has 1 N–H and O–H groups in total. The molecule has 0 spiro atoms. The number of aliphatic hydroxyl groups is 1. The van der Waals surface area contributed by atoms with E-state index in [9.17, 15) is 8.42 Å². The maximum Gasteiger partial charge on any atom is 0.243 e. The summed E-state index contributed by atoms with van der Waals surface area (Å²) in [5.41, 5.74) is 1.34. The van der Waals surface area contributed by atoms with Crippen molar-refractivity contribution >= 4 is 10.0 Å². The first-order valence-electron chi connectivity index (χ1n) is 7.26. The number of sulfonamides is 1. The summed E-state index contributed by atoms with van der Waals surface area (Å²) in [4.78, 5) is 0.328. The first-order valence-corrected chi connectivity index (χ1v) is 8.70. The Morgan fingerprint density at radius 2 is 1.86 bits per heavy atom. The van der Waals surface area contributed by atoms with Gasteiger partial charge in [0, 0.05) is 18.7 Å². The van der Waals surface area contributed by atoms with Gasteiger partial charge >= 0.3 is 0 Å². The van der Waals surface area contributed by atoms with Gasteiger partial charge in [0.05, 0.1) is 4.90 Å². The quantitative estimate of drug-likeness (QED) is 0.849. The number of hydrogen-bond donors (Lipinski definition) is 1. The summed E-state index contributed by atoms with van der Waals surface area (Å²) in [7, 11) is -3.46. The maximum absolute atomic E-state index is 12.8. The van der Waals surface area contributed by atoms with Crippen molar-refractivity contribution < 1.29 is 13.5 Å². The van der Waals surface area contributed by atoms with Crippen molar-refractivity contribution in [2.75, 3.05) is 19.7 Å². The lowest BCUT2D eigenvalue weighted by Gasteiger charge is -2.21. The van der Waals surface area contributed by atoms with E-state index in [2.05, 4.69) is 11.8 Å². The molecule has 2 rings (SSSR count). The monoisotopic (exact) mass is 307 g/mol. The first kappa shape index (κ1) is 16.0. The van der Waals surface area contributed by atoms with Crippen molar-refractivity contribution in [3.63, 3.8) is 0 Å². The predicted molar refractivity (Wildman–Crippen MR) is 82.4 cm³/mol. The average Bonchev–Trinajstić information content (AvgIpc) is 2.75. The van der Waals surface area contributed by atoms with Gasteiger partial charge in [-0.3, -0.25) is 0 Å². The Morgan fingerprint density at radius 1 is 1.19 bits per heavy atom. The van der Waals surface area contributed by atoms with Gasteiger partial charge in [-0.05, 0) is 37.5 Å². The van der Waals surface area contributed by atoms with Crippen LogP contribution in [0.5, 0.6) is 0 Å². The molecule has 0 aliphatic carbocycles. The Balaban J connectivity index is 2.38. The Hall–Kier alpha value is -1.35. The van der Waals surface area contributed by atoms with Crippen LogP contribution < -0.4 is 0 Å². The van der Waals surface area contributed by atoms with Crippen molar-refractivity contribution in [1.29, 1.82) is 0 Å². The summed E-state index contributed by atoms with van der Waals surface area (Å²) in [5, 5.41) is 8.75. The van der Waals surface area contributed by atoms with Gasteiger partial charge in [0.1, 0.15) is 6.61 Å². The average molecular weight is 307 g/mol. The molecular formula is C16H21NO3S. The molecule has 1 aliphatic rings. The van der Waals surface area contributed by atoms with E-state index in [1.807, 2.05) is 0 Å². The smallest absolute Gasteiger partial charge is 0.243 e. The van der Waals surface area contributed by atoms with Crippen LogP contribution in [0.4, 0.5) is 0 Å². The van der Waals surface area contributed by atoms with Crippen molar-refractivity contribution in [1.82, 2.24) is 4.31 Å². The van der Waals surface area contributed by atoms with Crippen molar-refractivity contribution in [3.8, 4) is 11.8 Å². The third kappa shape index (κ3) is 3.85. The molecule has 0 saturated carbocycles. The van der Waals surface area contributed by atoms with E-state index < -0.39 is 10.0 Å². The van der Waals surface area contributed by atoms with Crippen LogP contribution in [0.3, 0.4) is 0 Å². The van der Waals surface area contributed by atoms with E-state index in [0.29, 0.717) is 23.5 Å². The highest BCUT2D eigenvalue weighted by Gasteiger charge is 2.26. The molecule has 0 amide bonds. The molecule has 1 aliphatic heterocycles. The summed E-state index contributed by atoms with van der Waals surface area (Å²) < 4.78 is 27.2. The standard InChI is InChI=1S/C16H21NO3S/c1-14-8-9-15(7-6-12-18)13-16(14)21(19,20)17-10-4-2-3-5-11-17/h8-9,13,18H,2-5,10-12H2,1H3. The second-order valence-corrected chi connectivity index (χ2v) is 7.16. The molecule has 1 fully saturated rings. The normalized spacial score (nSPS) is 16.9. The molecule has 0 unspecified atom stereocenters. The Kier molecular flexibility index (Phi) is 5.40. The molecule has 21 heavy (non-hydrogen) atoms. The van der Waals surface area contributed by atoms with Crippen molar-refractivity contribution in [2.45, 2.75) is 37.5 Å². The van der Waals surface area contributed by atoms with Crippen LogP contribution in [-0.4, -0.2) is 37.5 Å². The summed E-state index contributed by atoms with van der Waals surface area (Å²) in [6.07, 6.45) is 4.02.